The van der Waals surface area contributed by atoms with Gasteiger partial charge < -0.3 is 72.9 Å². The maximum atomic E-state index is 12.2. The Labute approximate surface area is 334 Å². The van der Waals surface area contributed by atoms with E-state index in [0.29, 0.717) is 50.6 Å². The van der Waals surface area contributed by atoms with Crippen molar-refractivity contribution in [2.45, 2.75) is 89.1 Å². The smallest absolute Gasteiger partial charge is 0.268 e. The third kappa shape index (κ3) is 21.9. The van der Waals surface area contributed by atoms with Crippen LogP contribution in [0.5, 0.6) is 0 Å². The highest BCUT2D eigenvalue weighted by Crippen LogP contribution is 2.40. The molecular weight excluding hydrogens is 794 g/mol. The largest absolute Gasteiger partial charge is 0.756 e. The van der Waals surface area contributed by atoms with E-state index in [4.69, 9.17) is 58.0 Å². The Morgan fingerprint density at radius 1 is 0.667 bits per heavy atom. The molecule has 5 atom stereocenters. The first-order valence-corrected chi connectivity index (χ1v) is 22.6. The molecule has 1 saturated heterocycles. The van der Waals surface area contributed by atoms with Crippen molar-refractivity contribution in [2.75, 3.05) is 105 Å². The standard InChI is InChI=1S/C34H64N6O15P2/c35-11-9-7-5-3-1-2-4-6-8-10-12-51-56(42,43)52-23-21-49-19-17-47-15-13-46-14-16-48-18-20-50-22-24-53-57(44,45)54-26-30-29(41)25-31(55-30)40-28-39-32-33(36)37-27-38-34(32)40/h27-31,41H,1-26,35H2,(H,42,43)(H,44,45)(H2,36,37,38)/p-2/t29-,30+,31+/m0/s1. The predicted octanol–water partition coefficient (Wildman–Crippen LogP) is 2.00. The summed E-state index contributed by atoms with van der Waals surface area (Å²) in [7, 11) is -9.01. The number of unbranched alkanes of at least 4 members (excludes halogenated alkanes) is 9. The molecule has 0 saturated carbocycles. The van der Waals surface area contributed by atoms with E-state index in [1.807, 2.05) is 0 Å². The van der Waals surface area contributed by atoms with Crippen LogP contribution in [0.25, 0.3) is 11.2 Å². The van der Waals surface area contributed by atoms with E-state index in [0.717, 1.165) is 32.2 Å². The third-order valence-corrected chi connectivity index (χ3v) is 10.6. The summed E-state index contributed by atoms with van der Waals surface area (Å²) in [6, 6.07) is 0. The summed E-state index contributed by atoms with van der Waals surface area (Å²) in [6.07, 6.45) is 11.4. The van der Waals surface area contributed by atoms with E-state index in [9.17, 15) is 24.0 Å². The lowest BCUT2D eigenvalue weighted by Crippen LogP contribution is -2.27. The summed E-state index contributed by atoms with van der Waals surface area (Å²) in [6.45, 7) is 2.54. The minimum Gasteiger partial charge on any atom is -0.756 e. The van der Waals surface area contributed by atoms with Crippen molar-refractivity contribution in [3.63, 3.8) is 0 Å². The van der Waals surface area contributed by atoms with Crippen LogP contribution >= 0.6 is 15.6 Å². The zero-order valence-corrected chi connectivity index (χ0v) is 34.6. The molecule has 0 radical (unpaired) electrons. The highest BCUT2D eigenvalue weighted by Gasteiger charge is 2.37. The van der Waals surface area contributed by atoms with Crippen LogP contribution in [0.3, 0.4) is 0 Å². The summed E-state index contributed by atoms with van der Waals surface area (Å²) in [5, 5.41) is 10.4. The molecule has 1 aliphatic rings. The molecule has 1 aliphatic heterocycles. The van der Waals surface area contributed by atoms with Crippen molar-refractivity contribution in [2.24, 2.45) is 5.73 Å². The number of hydrogen-bond donors (Lipinski definition) is 3. The number of aliphatic hydroxyl groups is 1. The maximum Gasteiger partial charge on any atom is 0.268 e. The second-order valence-electron chi connectivity index (χ2n) is 13.1. The highest BCUT2D eigenvalue weighted by atomic mass is 31.2. The molecule has 57 heavy (non-hydrogen) atoms. The molecule has 0 aromatic carbocycles. The highest BCUT2D eigenvalue weighted by molar-refractivity contribution is 7.46. The van der Waals surface area contributed by atoms with Crippen molar-refractivity contribution < 1.29 is 70.5 Å². The molecule has 2 aromatic heterocycles. The topological polar surface area (TPSA) is 288 Å². The van der Waals surface area contributed by atoms with E-state index in [1.165, 1.54) is 44.8 Å². The van der Waals surface area contributed by atoms with Gasteiger partial charge >= 0.3 is 0 Å². The van der Waals surface area contributed by atoms with E-state index in [-0.39, 0.29) is 65.1 Å². The molecule has 0 spiro atoms. The number of nitrogen functional groups attached to an aromatic ring is 1. The van der Waals surface area contributed by atoms with Gasteiger partial charge in [0.2, 0.25) is 0 Å². The van der Waals surface area contributed by atoms with Crippen LogP contribution in [0.1, 0.15) is 76.9 Å². The predicted molar refractivity (Wildman–Crippen MR) is 203 cm³/mol. The van der Waals surface area contributed by atoms with Gasteiger partial charge in [0.15, 0.2) is 11.5 Å². The third-order valence-electron chi connectivity index (χ3n) is 8.59. The van der Waals surface area contributed by atoms with Crippen LogP contribution in [0.15, 0.2) is 12.7 Å². The molecule has 23 heteroatoms. The number of aromatic nitrogens is 4. The number of imidazole rings is 1. The summed E-state index contributed by atoms with van der Waals surface area (Å²) in [5.41, 5.74) is 12.1. The van der Waals surface area contributed by atoms with Gasteiger partial charge in [0.25, 0.3) is 15.6 Å². The van der Waals surface area contributed by atoms with E-state index < -0.39 is 40.7 Å². The number of fused-ring (bicyclic) bond motifs is 1. The number of aliphatic hydroxyl groups excluding tert-OH is 1. The van der Waals surface area contributed by atoms with Gasteiger partial charge in [-0.05, 0) is 19.4 Å². The Kier molecular flexibility index (Phi) is 25.6. The van der Waals surface area contributed by atoms with Crippen LogP contribution < -0.4 is 21.3 Å². The molecule has 3 rings (SSSR count). The Morgan fingerprint density at radius 2 is 1.12 bits per heavy atom. The minimum absolute atomic E-state index is 0.0156. The summed E-state index contributed by atoms with van der Waals surface area (Å²) in [4.78, 5) is 36.2. The fourth-order valence-electron chi connectivity index (χ4n) is 5.59. The Bertz CT molecular complexity index is 1430. The molecule has 3 heterocycles. The Morgan fingerprint density at radius 3 is 1.65 bits per heavy atom. The summed E-state index contributed by atoms with van der Waals surface area (Å²) in [5.74, 6) is 0.204. The molecule has 1 fully saturated rings. The summed E-state index contributed by atoms with van der Waals surface area (Å²) >= 11 is 0. The molecule has 21 nitrogen and oxygen atoms in total. The van der Waals surface area contributed by atoms with E-state index in [1.54, 1.807) is 4.57 Å². The number of phosphoric ester groups is 2. The first kappa shape index (κ1) is 49.6. The van der Waals surface area contributed by atoms with Crippen molar-refractivity contribution in [3.8, 4) is 0 Å². The lowest BCUT2D eigenvalue weighted by Gasteiger charge is -2.25. The molecule has 2 aromatic rings. The maximum absolute atomic E-state index is 12.2. The fourth-order valence-corrected chi connectivity index (χ4v) is 7.02. The average molecular weight is 857 g/mol. The molecule has 0 aliphatic carbocycles. The normalized spacial score (nSPS) is 19.3. The molecule has 330 valence electrons. The van der Waals surface area contributed by atoms with Crippen molar-refractivity contribution >= 4 is 32.6 Å². The summed E-state index contributed by atoms with van der Waals surface area (Å²) < 4.78 is 77.7. The molecular formula is C34H62N6O15P2-2. The number of nitrogens with zero attached hydrogens (tertiary/aromatic N) is 4. The number of ether oxygens (including phenoxy) is 6. The Hall–Kier alpha value is -1.75. The van der Waals surface area contributed by atoms with Gasteiger partial charge in [-0.3, -0.25) is 13.7 Å². The number of phosphoric acid groups is 2. The molecule has 0 bridgehead atoms. The Balaban J connectivity index is 1.03. The van der Waals surface area contributed by atoms with Crippen molar-refractivity contribution in [1.82, 2.24) is 19.5 Å². The lowest BCUT2D eigenvalue weighted by atomic mass is 10.1. The number of rotatable bonds is 37. The van der Waals surface area contributed by atoms with Crippen LogP contribution in [-0.2, 0) is 55.6 Å². The monoisotopic (exact) mass is 856 g/mol. The zero-order chi connectivity index (χ0) is 41.0. The first-order chi connectivity index (χ1) is 27.6. The van der Waals surface area contributed by atoms with Crippen LogP contribution in [0.2, 0.25) is 0 Å². The van der Waals surface area contributed by atoms with Crippen LogP contribution in [-0.4, -0.2) is 136 Å². The number of nitrogens with two attached hydrogens (primary N) is 2. The second-order valence-corrected chi connectivity index (χ2v) is 15.9. The number of hydrogen-bond acceptors (Lipinski definition) is 20. The van der Waals surface area contributed by atoms with Gasteiger partial charge in [-0.15, -0.1) is 0 Å². The second kappa shape index (κ2) is 29.5. The van der Waals surface area contributed by atoms with E-state index in [2.05, 4.69) is 15.0 Å². The van der Waals surface area contributed by atoms with Gasteiger partial charge in [0.05, 0.1) is 105 Å². The van der Waals surface area contributed by atoms with Gasteiger partial charge in [-0.2, -0.15) is 0 Å². The fraction of sp³-hybridized carbons (Fsp3) is 0.853. The van der Waals surface area contributed by atoms with Gasteiger partial charge in [0.1, 0.15) is 24.2 Å². The molecule has 0 amide bonds. The molecule has 5 N–H and O–H groups in total. The van der Waals surface area contributed by atoms with Crippen molar-refractivity contribution in [1.29, 1.82) is 0 Å². The van der Waals surface area contributed by atoms with E-state index >= 15 is 0 Å². The van der Waals surface area contributed by atoms with Gasteiger partial charge in [-0.25, -0.2) is 15.0 Å². The van der Waals surface area contributed by atoms with Gasteiger partial charge in [-0.1, -0.05) is 51.4 Å². The zero-order valence-electron chi connectivity index (χ0n) is 32.8. The SMILES string of the molecule is NCCCCCCCCCCCCOP(=O)([O-])OCCOCCOCCOCCOCCOCCOP(=O)([O-])OC[C@H]1O[C@@H](n2cnc3c(N)ncnc32)C[C@@H]1O. The number of anilines is 1. The lowest BCUT2D eigenvalue weighted by molar-refractivity contribution is -0.229. The quantitative estimate of drug-likeness (QED) is 0.0647. The first-order valence-electron chi connectivity index (χ1n) is 19.7. The van der Waals surface area contributed by atoms with Gasteiger partial charge in [0, 0.05) is 6.42 Å². The van der Waals surface area contributed by atoms with Crippen molar-refractivity contribution in [3.05, 3.63) is 12.7 Å². The van der Waals surface area contributed by atoms with Crippen LogP contribution in [0.4, 0.5) is 5.82 Å². The minimum atomic E-state index is -4.68. The van der Waals surface area contributed by atoms with Crippen LogP contribution in [0, 0.1) is 0 Å². The average Bonchev–Trinajstić information content (AvgIpc) is 3.79. The molecule has 2 unspecified atom stereocenters.